The van der Waals surface area contributed by atoms with Gasteiger partial charge in [0.15, 0.2) is 0 Å². The molecular formula is C8H16N2O. The smallest absolute Gasteiger partial charge is 0.0749 e. The van der Waals surface area contributed by atoms with E-state index in [9.17, 15) is 5.11 Å². The molecule has 0 aromatic carbocycles. The average molecular weight is 156 g/mol. The molecule has 0 radical (unpaired) electrons. The van der Waals surface area contributed by atoms with Crippen LogP contribution in [0, 0.1) is 5.92 Å². The van der Waals surface area contributed by atoms with Crippen LogP contribution in [0.25, 0.3) is 0 Å². The van der Waals surface area contributed by atoms with Crippen molar-refractivity contribution in [3.05, 3.63) is 0 Å². The fourth-order valence-electron chi connectivity index (χ4n) is 2.24. The van der Waals surface area contributed by atoms with E-state index in [1.54, 1.807) is 0 Å². The second kappa shape index (κ2) is 2.19. The van der Waals surface area contributed by atoms with Gasteiger partial charge in [0.2, 0.25) is 0 Å². The van der Waals surface area contributed by atoms with Crippen LogP contribution in [0.5, 0.6) is 0 Å². The quantitative estimate of drug-likeness (QED) is 0.435. The zero-order valence-corrected chi connectivity index (χ0v) is 7.09. The topological polar surface area (TPSA) is 44.3 Å². The normalized spacial score (nSPS) is 56.5. The van der Waals surface area contributed by atoms with Crippen molar-refractivity contribution in [1.82, 2.24) is 10.6 Å². The van der Waals surface area contributed by atoms with Crippen molar-refractivity contribution in [3.8, 4) is 0 Å². The van der Waals surface area contributed by atoms with Crippen LogP contribution in [0.15, 0.2) is 0 Å². The Bertz CT molecular complexity index is 173. The predicted octanol–water partition coefficient (Wildman–Crippen LogP) is -0.683. The minimum atomic E-state index is -0.171. The Labute approximate surface area is 67.2 Å². The van der Waals surface area contributed by atoms with Crippen molar-refractivity contribution < 1.29 is 5.11 Å². The predicted molar refractivity (Wildman–Crippen MR) is 43.4 cm³/mol. The van der Waals surface area contributed by atoms with Crippen molar-refractivity contribution in [3.63, 3.8) is 0 Å². The SMILES string of the molecule is C[C@@H]1[C@H](O)C2CNC[C@]1(C)N2. The molecule has 0 aliphatic carbocycles. The molecular weight excluding hydrogens is 140 g/mol. The summed E-state index contributed by atoms with van der Waals surface area (Å²) in [5.41, 5.74) is 0.113. The zero-order valence-electron chi connectivity index (χ0n) is 7.09. The summed E-state index contributed by atoms with van der Waals surface area (Å²) in [5, 5.41) is 16.5. The van der Waals surface area contributed by atoms with E-state index in [2.05, 4.69) is 24.5 Å². The highest BCUT2D eigenvalue weighted by molar-refractivity contribution is 5.09. The van der Waals surface area contributed by atoms with E-state index in [1.807, 2.05) is 0 Å². The molecule has 3 N–H and O–H groups in total. The molecule has 0 spiro atoms. The minimum absolute atomic E-state index is 0.113. The van der Waals surface area contributed by atoms with Gasteiger partial charge in [-0.25, -0.2) is 0 Å². The van der Waals surface area contributed by atoms with Crippen molar-refractivity contribution in [2.45, 2.75) is 31.5 Å². The molecule has 64 valence electrons. The number of aliphatic hydroxyl groups is 1. The van der Waals surface area contributed by atoms with Crippen molar-refractivity contribution >= 4 is 0 Å². The van der Waals surface area contributed by atoms with E-state index in [0.717, 1.165) is 13.1 Å². The second-order valence-electron chi connectivity index (χ2n) is 4.08. The molecule has 1 unspecified atom stereocenters. The van der Waals surface area contributed by atoms with Gasteiger partial charge in [-0.15, -0.1) is 0 Å². The summed E-state index contributed by atoms with van der Waals surface area (Å²) in [5.74, 6) is 0.363. The Hall–Kier alpha value is -0.120. The van der Waals surface area contributed by atoms with Crippen molar-refractivity contribution in [2.75, 3.05) is 13.1 Å². The van der Waals surface area contributed by atoms with E-state index in [4.69, 9.17) is 0 Å². The van der Waals surface area contributed by atoms with E-state index in [1.165, 1.54) is 0 Å². The molecule has 0 aromatic heterocycles. The summed E-state index contributed by atoms with van der Waals surface area (Å²) in [6.45, 7) is 6.17. The fraction of sp³-hybridized carbons (Fsp3) is 1.00. The van der Waals surface area contributed by atoms with Crippen LogP contribution in [-0.2, 0) is 0 Å². The first kappa shape index (κ1) is 7.53. The van der Waals surface area contributed by atoms with Crippen LogP contribution in [0.4, 0.5) is 0 Å². The first-order valence-corrected chi connectivity index (χ1v) is 4.30. The Morgan fingerprint density at radius 1 is 1.55 bits per heavy atom. The lowest BCUT2D eigenvalue weighted by Crippen LogP contribution is -2.58. The van der Waals surface area contributed by atoms with Gasteiger partial charge in [0, 0.05) is 30.6 Å². The number of hydrogen-bond donors (Lipinski definition) is 3. The molecule has 0 aromatic rings. The maximum atomic E-state index is 9.73. The summed E-state index contributed by atoms with van der Waals surface area (Å²) in [4.78, 5) is 0. The number of piperazine rings is 1. The highest BCUT2D eigenvalue weighted by atomic mass is 16.3. The third-order valence-corrected chi connectivity index (χ3v) is 3.30. The van der Waals surface area contributed by atoms with E-state index >= 15 is 0 Å². The highest BCUT2D eigenvalue weighted by Crippen LogP contribution is 2.31. The van der Waals surface area contributed by atoms with Gasteiger partial charge in [-0.2, -0.15) is 0 Å². The van der Waals surface area contributed by atoms with E-state index in [-0.39, 0.29) is 17.7 Å². The number of nitrogens with one attached hydrogen (secondary N) is 2. The number of aliphatic hydroxyl groups excluding tert-OH is 1. The molecule has 0 saturated carbocycles. The molecule has 2 rings (SSSR count). The van der Waals surface area contributed by atoms with Gasteiger partial charge < -0.3 is 15.7 Å². The van der Waals surface area contributed by atoms with Crippen LogP contribution in [0.2, 0.25) is 0 Å². The van der Waals surface area contributed by atoms with Gasteiger partial charge in [0.1, 0.15) is 0 Å². The molecule has 2 fully saturated rings. The zero-order chi connectivity index (χ0) is 8.06. The van der Waals surface area contributed by atoms with E-state index in [0.29, 0.717) is 5.92 Å². The van der Waals surface area contributed by atoms with Gasteiger partial charge in [0.25, 0.3) is 0 Å². The summed E-state index contributed by atoms with van der Waals surface area (Å²) < 4.78 is 0. The van der Waals surface area contributed by atoms with Crippen LogP contribution in [0.1, 0.15) is 13.8 Å². The number of rotatable bonds is 0. The molecule has 11 heavy (non-hydrogen) atoms. The highest BCUT2D eigenvalue weighted by Gasteiger charge is 2.49. The molecule has 4 atom stereocenters. The van der Waals surface area contributed by atoms with Crippen LogP contribution in [-0.4, -0.2) is 35.9 Å². The Kier molecular flexibility index (Phi) is 1.50. The number of fused-ring (bicyclic) bond motifs is 2. The van der Waals surface area contributed by atoms with Crippen LogP contribution < -0.4 is 10.6 Å². The lowest BCUT2D eigenvalue weighted by Gasteiger charge is -2.33. The minimum Gasteiger partial charge on any atom is -0.391 e. The van der Waals surface area contributed by atoms with E-state index < -0.39 is 0 Å². The first-order chi connectivity index (χ1) is 5.13. The maximum Gasteiger partial charge on any atom is 0.0749 e. The lowest BCUT2D eigenvalue weighted by molar-refractivity contribution is 0.119. The molecule has 3 heteroatoms. The lowest BCUT2D eigenvalue weighted by atomic mass is 9.88. The molecule has 2 saturated heterocycles. The first-order valence-electron chi connectivity index (χ1n) is 4.30. The molecule has 0 amide bonds. The molecule has 3 nitrogen and oxygen atoms in total. The van der Waals surface area contributed by atoms with Crippen LogP contribution in [0.3, 0.4) is 0 Å². The fourth-order valence-corrected chi connectivity index (χ4v) is 2.24. The number of hydrogen-bond acceptors (Lipinski definition) is 3. The monoisotopic (exact) mass is 156 g/mol. The standard InChI is InChI=1S/C8H16N2O/c1-5-7(11)6-3-9-4-8(5,2)10-6/h5-7,9-11H,3-4H2,1-2H3/t5-,6?,7+,8+/m1/s1. The largest absolute Gasteiger partial charge is 0.391 e. The summed E-state index contributed by atoms with van der Waals surface area (Å²) >= 11 is 0. The molecule has 2 aliphatic rings. The molecule has 2 aliphatic heterocycles. The summed E-state index contributed by atoms with van der Waals surface area (Å²) in [6.07, 6.45) is -0.171. The second-order valence-corrected chi connectivity index (χ2v) is 4.08. The third kappa shape index (κ3) is 0.916. The average Bonchev–Trinajstić information content (AvgIpc) is 2.13. The van der Waals surface area contributed by atoms with Crippen LogP contribution >= 0.6 is 0 Å². The van der Waals surface area contributed by atoms with Gasteiger partial charge in [-0.1, -0.05) is 6.92 Å². The summed E-state index contributed by atoms with van der Waals surface area (Å²) in [7, 11) is 0. The van der Waals surface area contributed by atoms with Gasteiger partial charge >= 0.3 is 0 Å². The van der Waals surface area contributed by atoms with Gasteiger partial charge in [-0.05, 0) is 6.92 Å². The molecule has 2 bridgehead atoms. The van der Waals surface area contributed by atoms with Gasteiger partial charge in [0.05, 0.1) is 6.10 Å². The molecule has 2 heterocycles. The van der Waals surface area contributed by atoms with Crippen molar-refractivity contribution in [2.24, 2.45) is 5.92 Å². The van der Waals surface area contributed by atoms with Crippen molar-refractivity contribution in [1.29, 1.82) is 0 Å². The van der Waals surface area contributed by atoms with Gasteiger partial charge in [-0.3, -0.25) is 0 Å². The Morgan fingerprint density at radius 2 is 2.27 bits per heavy atom. The third-order valence-electron chi connectivity index (χ3n) is 3.30. The maximum absolute atomic E-state index is 9.73. The Morgan fingerprint density at radius 3 is 2.82 bits per heavy atom. The Balaban J connectivity index is 2.24. The summed E-state index contributed by atoms with van der Waals surface area (Å²) in [6, 6.07) is 0.267.